The van der Waals surface area contributed by atoms with Crippen molar-refractivity contribution in [3.8, 4) is 11.5 Å². The molecule has 5 rings (SSSR count). The van der Waals surface area contributed by atoms with Gasteiger partial charge in [0.1, 0.15) is 29.6 Å². The van der Waals surface area contributed by atoms with Gasteiger partial charge in [0.2, 0.25) is 11.8 Å². The normalized spacial score (nSPS) is 14.4. The number of rotatable bonds is 10. The van der Waals surface area contributed by atoms with Crippen LogP contribution >= 0.6 is 0 Å². The number of methoxy groups -OCH3 is 2. The van der Waals surface area contributed by atoms with E-state index in [1.165, 1.54) is 6.42 Å². The number of amides is 2. The van der Waals surface area contributed by atoms with Crippen LogP contribution in [0.3, 0.4) is 0 Å². The molecule has 208 valence electrons. The van der Waals surface area contributed by atoms with Crippen molar-refractivity contribution < 1.29 is 19.1 Å². The second-order valence-electron chi connectivity index (χ2n) is 10.1. The highest BCUT2D eigenvalue weighted by Crippen LogP contribution is 2.29. The van der Waals surface area contributed by atoms with Crippen molar-refractivity contribution in [2.45, 2.75) is 57.3 Å². The number of benzene rings is 3. The Morgan fingerprint density at radius 2 is 1.68 bits per heavy atom. The zero-order valence-electron chi connectivity index (χ0n) is 23.0. The summed E-state index contributed by atoms with van der Waals surface area (Å²) in [4.78, 5) is 29.9. The molecule has 1 aliphatic carbocycles. The van der Waals surface area contributed by atoms with Gasteiger partial charge < -0.3 is 19.7 Å². The molecule has 1 N–H and O–H groups in total. The molecule has 0 radical (unpaired) electrons. The molecule has 1 saturated carbocycles. The molecule has 1 heterocycles. The molecule has 1 aromatic heterocycles. The number of carbonyl (C=O) groups excluding carboxylic acids is 2. The van der Waals surface area contributed by atoms with E-state index in [4.69, 9.17) is 9.47 Å². The van der Waals surface area contributed by atoms with E-state index < -0.39 is 6.04 Å². The fourth-order valence-corrected chi connectivity index (χ4v) is 5.36. The highest BCUT2D eigenvalue weighted by molar-refractivity contribution is 5.89. The summed E-state index contributed by atoms with van der Waals surface area (Å²) in [5.74, 6) is 0.825. The maximum atomic E-state index is 14.2. The van der Waals surface area contributed by atoms with E-state index in [1.807, 2.05) is 72.8 Å². The first-order valence-electron chi connectivity index (χ1n) is 13.7. The van der Waals surface area contributed by atoms with Crippen LogP contribution in [0.25, 0.3) is 11.0 Å². The van der Waals surface area contributed by atoms with Crippen LogP contribution in [-0.2, 0) is 22.7 Å². The second kappa shape index (κ2) is 12.6. The van der Waals surface area contributed by atoms with Crippen LogP contribution in [0, 0.1) is 0 Å². The van der Waals surface area contributed by atoms with E-state index in [2.05, 4.69) is 15.6 Å². The molecule has 1 fully saturated rings. The number of nitrogens with zero attached hydrogens (tertiary/aromatic N) is 4. The van der Waals surface area contributed by atoms with Gasteiger partial charge in [-0.1, -0.05) is 60.9 Å². The third-order valence-electron chi connectivity index (χ3n) is 7.43. The minimum Gasteiger partial charge on any atom is -0.497 e. The molecule has 40 heavy (non-hydrogen) atoms. The van der Waals surface area contributed by atoms with Crippen LogP contribution in [0.5, 0.6) is 11.5 Å². The lowest BCUT2D eigenvalue weighted by molar-refractivity contribution is -0.142. The van der Waals surface area contributed by atoms with Crippen molar-refractivity contribution in [1.29, 1.82) is 0 Å². The summed E-state index contributed by atoms with van der Waals surface area (Å²) in [5.41, 5.74) is 2.97. The number of fused-ring (bicyclic) bond motifs is 1. The largest absolute Gasteiger partial charge is 0.497 e. The van der Waals surface area contributed by atoms with Crippen LogP contribution in [0.1, 0.15) is 49.3 Å². The first kappa shape index (κ1) is 27.2. The van der Waals surface area contributed by atoms with Crippen molar-refractivity contribution in [3.05, 3.63) is 83.9 Å². The van der Waals surface area contributed by atoms with E-state index >= 15 is 0 Å². The van der Waals surface area contributed by atoms with Crippen molar-refractivity contribution >= 4 is 22.8 Å². The van der Waals surface area contributed by atoms with Gasteiger partial charge in [-0.25, -0.2) is 4.68 Å². The van der Waals surface area contributed by atoms with Gasteiger partial charge in [-0.05, 0) is 60.4 Å². The average molecular weight is 542 g/mol. The van der Waals surface area contributed by atoms with Crippen LogP contribution in [0.15, 0.2) is 72.8 Å². The number of ether oxygens (including phenoxy) is 2. The summed E-state index contributed by atoms with van der Waals surface area (Å²) in [6.45, 7) is 0.129. The number of aromatic nitrogens is 3. The molecule has 1 atom stereocenters. The van der Waals surface area contributed by atoms with Crippen molar-refractivity contribution in [3.63, 3.8) is 0 Å². The minimum absolute atomic E-state index is 0.0678. The number of hydrogen-bond acceptors (Lipinski definition) is 6. The van der Waals surface area contributed by atoms with Gasteiger partial charge in [0.05, 0.1) is 19.7 Å². The Labute approximate surface area is 234 Å². The molecule has 4 aromatic rings. The number of hydrogen-bond donors (Lipinski definition) is 1. The van der Waals surface area contributed by atoms with Crippen LogP contribution in [0.4, 0.5) is 0 Å². The molecular formula is C31H35N5O4. The topological polar surface area (TPSA) is 98.6 Å². The Morgan fingerprint density at radius 1 is 0.950 bits per heavy atom. The standard InChI is InChI=1S/C31H35N5O4/c1-39-25-14-8-10-22(18-25)20-35(29(37)21-36-28-17-7-6-16-27(28)33-34-36)30(23-11-9-15-26(19-23)40-2)31(38)32-24-12-4-3-5-13-24/h6-11,14-19,24,30H,3-5,12-13,20-21H2,1-2H3,(H,32,38)/t30-/m1/s1. The monoisotopic (exact) mass is 541 g/mol. The van der Waals surface area contributed by atoms with E-state index in [9.17, 15) is 9.59 Å². The molecule has 0 spiro atoms. The lowest BCUT2D eigenvalue weighted by atomic mass is 9.94. The molecule has 1 aliphatic rings. The molecule has 3 aromatic carbocycles. The summed E-state index contributed by atoms with van der Waals surface area (Å²) in [6, 6.07) is 21.6. The Hall–Kier alpha value is -4.40. The van der Waals surface area contributed by atoms with E-state index in [-0.39, 0.29) is 30.9 Å². The number of carbonyl (C=O) groups is 2. The van der Waals surface area contributed by atoms with Gasteiger partial charge in [0.25, 0.3) is 0 Å². The summed E-state index contributed by atoms with van der Waals surface area (Å²) in [7, 11) is 3.19. The maximum Gasteiger partial charge on any atom is 0.247 e. The van der Waals surface area contributed by atoms with Crippen molar-refractivity contribution in [2.75, 3.05) is 14.2 Å². The van der Waals surface area contributed by atoms with Gasteiger partial charge in [-0.15, -0.1) is 5.10 Å². The summed E-state index contributed by atoms with van der Waals surface area (Å²) in [6.07, 6.45) is 5.22. The van der Waals surface area contributed by atoms with Crippen molar-refractivity contribution in [1.82, 2.24) is 25.2 Å². The highest BCUT2D eigenvalue weighted by Gasteiger charge is 2.34. The maximum absolute atomic E-state index is 14.2. The predicted molar refractivity (Wildman–Crippen MR) is 152 cm³/mol. The van der Waals surface area contributed by atoms with Crippen molar-refractivity contribution in [2.24, 2.45) is 0 Å². The third-order valence-corrected chi connectivity index (χ3v) is 7.43. The van der Waals surface area contributed by atoms with Crippen LogP contribution in [0.2, 0.25) is 0 Å². The minimum atomic E-state index is -0.884. The lowest BCUT2D eigenvalue weighted by Gasteiger charge is -2.33. The summed E-state index contributed by atoms with van der Waals surface area (Å²) >= 11 is 0. The summed E-state index contributed by atoms with van der Waals surface area (Å²) < 4.78 is 12.5. The molecule has 0 saturated heterocycles. The average Bonchev–Trinajstić information content (AvgIpc) is 3.40. The first-order valence-corrected chi connectivity index (χ1v) is 13.7. The van der Waals surface area contributed by atoms with E-state index in [0.717, 1.165) is 36.8 Å². The predicted octanol–water partition coefficient (Wildman–Crippen LogP) is 4.67. The Morgan fingerprint density at radius 3 is 2.45 bits per heavy atom. The number of para-hydroxylation sites is 1. The molecule has 9 heteroatoms. The molecule has 0 bridgehead atoms. The molecule has 0 aliphatic heterocycles. The zero-order chi connectivity index (χ0) is 27.9. The fourth-order valence-electron chi connectivity index (χ4n) is 5.36. The quantitative estimate of drug-likeness (QED) is 0.313. The Kier molecular flexibility index (Phi) is 8.59. The zero-order valence-corrected chi connectivity index (χ0v) is 23.0. The van der Waals surface area contributed by atoms with Gasteiger partial charge in [0.15, 0.2) is 0 Å². The Bertz CT molecular complexity index is 1460. The smallest absolute Gasteiger partial charge is 0.247 e. The van der Waals surface area contributed by atoms with Crippen LogP contribution in [-0.4, -0.2) is 52.0 Å². The second-order valence-corrected chi connectivity index (χ2v) is 10.1. The van der Waals surface area contributed by atoms with E-state index in [1.54, 1.807) is 23.8 Å². The fraction of sp³-hybridized carbons (Fsp3) is 0.355. The lowest BCUT2D eigenvalue weighted by Crippen LogP contribution is -2.47. The van der Waals surface area contributed by atoms with E-state index in [0.29, 0.717) is 22.6 Å². The Balaban J connectivity index is 1.54. The third kappa shape index (κ3) is 6.25. The van der Waals surface area contributed by atoms with Gasteiger partial charge in [-0.3, -0.25) is 9.59 Å². The number of nitrogens with one attached hydrogen (secondary N) is 1. The SMILES string of the molecule is COc1cccc(CN(C(=O)Cn2nnc3ccccc32)[C@@H](C(=O)NC2CCCCC2)c2cccc(OC)c2)c1. The highest BCUT2D eigenvalue weighted by atomic mass is 16.5. The molecule has 9 nitrogen and oxygen atoms in total. The molecule has 2 amide bonds. The molecular weight excluding hydrogens is 506 g/mol. The summed E-state index contributed by atoms with van der Waals surface area (Å²) in [5, 5.41) is 11.7. The molecule has 0 unspecified atom stereocenters. The van der Waals surface area contributed by atoms with Gasteiger partial charge in [0, 0.05) is 12.6 Å². The first-order chi connectivity index (χ1) is 19.6. The van der Waals surface area contributed by atoms with Gasteiger partial charge >= 0.3 is 0 Å². The van der Waals surface area contributed by atoms with Gasteiger partial charge in [-0.2, -0.15) is 0 Å². The van der Waals surface area contributed by atoms with Crippen LogP contribution < -0.4 is 14.8 Å².